The Morgan fingerprint density at radius 2 is 2.04 bits per heavy atom. The third-order valence-electron chi connectivity index (χ3n) is 3.72. The number of carbonyl (C=O) groups is 2. The number of hydrogen-bond donors (Lipinski definition) is 1. The highest BCUT2D eigenvalue weighted by Crippen LogP contribution is 2.31. The van der Waals surface area contributed by atoms with Gasteiger partial charge in [0.05, 0.1) is 11.0 Å². The molecule has 1 heterocycles. The Kier molecular flexibility index (Phi) is 4.59. The highest BCUT2D eigenvalue weighted by molar-refractivity contribution is 5.98. The normalized spacial score (nSPS) is 17.7. The van der Waals surface area contributed by atoms with Gasteiger partial charge in [0, 0.05) is 29.9 Å². The lowest BCUT2D eigenvalue weighted by Gasteiger charge is -2.35. The van der Waals surface area contributed by atoms with Gasteiger partial charge in [-0.2, -0.15) is 0 Å². The molecule has 1 aliphatic rings. The highest BCUT2D eigenvalue weighted by atomic mass is 16.6. The van der Waals surface area contributed by atoms with E-state index in [1.54, 1.807) is 25.1 Å². The van der Waals surface area contributed by atoms with Gasteiger partial charge in [0.1, 0.15) is 0 Å². The van der Waals surface area contributed by atoms with Gasteiger partial charge in [0.2, 0.25) is 0 Å². The quantitative estimate of drug-likeness (QED) is 0.513. The van der Waals surface area contributed by atoms with E-state index in [-0.39, 0.29) is 17.5 Å². The molecule has 1 aromatic rings. The average molecular weight is 315 g/mol. The van der Waals surface area contributed by atoms with Gasteiger partial charge in [-0.15, -0.1) is 6.58 Å². The fraction of sp³-hybridized carbons (Fsp3) is 0.250. The maximum Gasteiger partial charge on any atom is 0.322 e. The van der Waals surface area contributed by atoms with Crippen molar-refractivity contribution in [3.05, 3.63) is 63.9 Å². The Morgan fingerprint density at radius 3 is 2.52 bits per heavy atom. The van der Waals surface area contributed by atoms with E-state index < -0.39 is 11.0 Å². The molecule has 1 atom stereocenters. The van der Waals surface area contributed by atoms with Gasteiger partial charge in [-0.05, 0) is 31.5 Å². The maximum atomic E-state index is 12.2. The van der Waals surface area contributed by atoms with Gasteiger partial charge in [-0.1, -0.05) is 6.08 Å². The van der Waals surface area contributed by atoms with Crippen molar-refractivity contribution >= 4 is 17.5 Å². The minimum Gasteiger partial charge on any atom is -0.327 e. The number of ketones is 1. The number of non-ortho nitro benzene ring substituents is 1. The molecule has 0 spiro atoms. The summed E-state index contributed by atoms with van der Waals surface area (Å²) < 4.78 is 0. The van der Waals surface area contributed by atoms with Crippen LogP contribution in [0.4, 0.5) is 10.5 Å². The van der Waals surface area contributed by atoms with Crippen LogP contribution in [-0.2, 0) is 4.79 Å². The maximum absolute atomic E-state index is 12.2. The lowest BCUT2D eigenvalue weighted by Crippen LogP contribution is -2.47. The van der Waals surface area contributed by atoms with Crippen LogP contribution in [-0.4, -0.2) is 28.2 Å². The third-order valence-corrected chi connectivity index (χ3v) is 3.72. The summed E-state index contributed by atoms with van der Waals surface area (Å²) in [5.41, 5.74) is 1.59. The fourth-order valence-corrected chi connectivity index (χ4v) is 2.63. The van der Waals surface area contributed by atoms with Gasteiger partial charge >= 0.3 is 6.03 Å². The van der Waals surface area contributed by atoms with E-state index in [9.17, 15) is 19.7 Å². The number of hydrogen-bond acceptors (Lipinski definition) is 4. The van der Waals surface area contributed by atoms with Crippen molar-refractivity contribution in [3.63, 3.8) is 0 Å². The zero-order chi connectivity index (χ0) is 17.1. The number of nitrogens with one attached hydrogen (secondary N) is 1. The average Bonchev–Trinajstić information content (AvgIpc) is 2.50. The number of carbonyl (C=O) groups excluding carboxylic acids is 2. The largest absolute Gasteiger partial charge is 0.327 e. The number of Topliss-reactive ketones (excluding diaryl/α,β-unsaturated/α-hetero) is 1. The molecule has 0 aromatic heterocycles. The molecule has 0 fully saturated rings. The number of amides is 2. The molecule has 23 heavy (non-hydrogen) atoms. The molecule has 7 heteroatoms. The Morgan fingerprint density at radius 1 is 1.43 bits per heavy atom. The third kappa shape index (κ3) is 3.13. The summed E-state index contributed by atoms with van der Waals surface area (Å²) in [6, 6.07) is 4.83. The van der Waals surface area contributed by atoms with Crippen LogP contribution in [0.15, 0.2) is 48.2 Å². The summed E-state index contributed by atoms with van der Waals surface area (Å²) in [7, 11) is 0. The molecule has 0 radical (unpaired) electrons. The van der Waals surface area contributed by atoms with Gasteiger partial charge in [-0.25, -0.2) is 4.79 Å². The van der Waals surface area contributed by atoms with Crippen LogP contribution >= 0.6 is 0 Å². The predicted octanol–water partition coefficient (Wildman–Crippen LogP) is 2.71. The van der Waals surface area contributed by atoms with Crippen LogP contribution < -0.4 is 5.32 Å². The van der Waals surface area contributed by atoms with Crippen molar-refractivity contribution in [1.82, 2.24) is 10.2 Å². The molecule has 120 valence electrons. The monoisotopic (exact) mass is 315 g/mol. The molecule has 1 aliphatic heterocycles. The van der Waals surface area contributed by atoms with E-state index >= 15 is 0 Å². The molecular formula is C16H17N3O4. The number of allylic oxidation sites excluding steroid dienone is 1. The second-order valence-electron chi connectivity index (χ2n) is 5.19. The lowest BCUT2D eigenvalue weighted by atomic mass is 9.92. The molecular weight excluding hydrogens is 298 g/mol. The summed E-state index contributed by atoms with van der Waals surface area (Å²) in [6.45, 7) is 7.03. The van der Waals surface area contributed by atoms with E-state index in [4.69, 9.17) is 0 Å². The molecule has 0 saturated carbocycles. The molecule has 0 bridgehead atoms. The fourth-order valence-electron chi connectivity index (χ4n) is 2.63. The Bertz CT molecular complexity index is 707. The molecule has 1 N–H and O–H groups in total. The highest BCUT2D eigenvalue weighted by Gasteiger charge is 2.33. The van der Waals surface area contributed by atoms with Crippen LogP contribution in [0.1, 0.15) is 25.5 Å². The predicted molar refractivity (Wildman–Crippen MR) is 84.7 cm³/mol. The van der Waals surface area contributed by atoms with Crippen molar-refractivity contribution in [2.45, 2.75) is 19.9 Å². The Hall–Kier alpha value is -2.96. The second kappa shape index (κ2) is 6.43. The number of benzene rings is 1. The van der Waals surface area contributed by atoms with E-state index in [0.717, 1.165) is 0 Å². The molecule has 1 aromatic carbocycles. The van der Waals surface area contributed by atoms with Crippen molar-refractivity contribution in [3.8, 4) is 0 Å². The van der Waals surface area contributed by atoms with Crippen LogP contribution in [0.2, 0.25) is 0 Å². The topological polar surface area (TPSA) is 92.6 Å². The van der Waals surface area contributed by atoms with Crippen LogP contribution in [0.3, 0.4) is 0 Å². The number of nitro benzene ring substituents is 1. The van der Waals surface area contributed by atoms with Gasteiger partial charge in [0.25, 0.3) is 5.69 Å². The summed E-state index contributed by atoms with van der Waals surface area (Å²) >= 11 is 0. The molecule has 2 rings (SSSR count). The first kappa shape index (κ1) is 16.4. The smallest absolute Gasteiger partial charge is 0.322 e. The van der Waals surface area contributed by atoms with Crippen molar-refractivity contribution in [1.29, 1.82) is 0 Å². The first-order chi connectivity index (χ1) is 10.9. The van der Waals surface area contributed by atoms with Crippen molar-refractivity contribution < 1.29 is 14.5 Å². The zero-order valence-corrected chi connectivity index (χ0v) is 12.9. The minimum absolute atomic E-state index is 0.0470. The summed E-state index contributed by atoms with van der Waals surface area (Å²) in [5, 5.41) is 13.5. The number of nitro groups is 1. The molecule has 0 saturated heterocycles. The Balaban J connectivity index is 2.48. The molecule has 2 amide bonds. The van der Waals surface area contributed by atoms with Crippen molar-refractivity contribution in [2.75, 3.05) is 6.54 Å². The Labute approximate surface area is 133 Å². The van der Waals surface area contributed by atoms with E-state index in [2.05, 4.69) is 11.9 Å². The van der Waals surface area contributed by atoms with E-state index in [1.807, 2.05) is 0 Å². The van der Waals surface area contributed by atoms with Crippen molar-refractivity contribution in [2.24, 2.45) is 0 Å². The summed E-state index contributed by atoms with van der Waals surface area (Å²) in [4.78, 5) is 36.0. The van der Waals surface area contributed by atoms with Crippen LogP contribution in [0.25, 0.3) is 0 Å². The SMILES string of the molecule is C=CCN1C(=O)NC(c2ccc([N+](=O)[O-])cc2)C(C(C)=O)=C1C. The minimum atomic E-state index is -0.623. The standard InChI is InChI=1S/C16H17N3O4/c1-4-9-18-10(2)14(11(3)20)15(17-16(18)21)12-5-7-13(8-6-12)19(22)23/h4-8,15H,1,9H2,2-3H3,(H,17,21). The number of nitrogens with zero attached hydrogens (tertiary/aromatic N) is 2. The van der Waals surface area contributed by atoms with Gasteiger partial charge < -0.3 is 5.32 Å². The first-order valence-corrected chi connectivity index (χ1v) is 7.01. The van der Waals surface area contributed by atoms with Gasteiger partial charge in [0.15, 0.2) is 5.78 Å². The lowest BCUT2D eigenvalue weighted by molar-refractivity contribution is -0.384. The summed E-state index contributed by atoms with van der Waals surface area (Å²) in [6.07, 6.45) is 1.58. The second-order valence-corrected chi connectivity index (χ2v) is 5.19. The van der Waals surface area contributed by atoms with Gasteiger partial charge in [-0.3, -0.25) is 19.8 Å². The molecule has 0 aliphatic carbocycles. The number of urea groups is 1. The number of rotatable bonds is 5. The van der Waals surface area contributed by atoms with E-state index in [1.165, 1.54) is 24.0 Å². The first-order valence-electron chi connectivity index (χ1n) is 7.01. The van der Waals surface area contributed by atoms with Crippen LogP contribution in [0.5, 0.6) is 0 Å². The van der Waals surface area contributed by atoms with Crippen LogP contribution in [0, 0.1) is 10.1 Å². The summed E-state index contributed by atoms with van der Waals surface area (Å²) in [5.74, 6) is -0.167. The molecule has 1 unspecified atom stereocenters. The zero-order valence-electron chi connectivity index (χ0n) is 12.9. The van der Waals surface area contributed by atoms with E-state index in [0.29, 0.717) is 23.4 Å². The molecule has 7 nitrogen and oxygen atoms in total.